The number of carbonyl (C=O) groups excluding carboxylic acids is 1. The van der Waals surface area contributed by atoms with Crippen molar-refractivity contribution in [3.05, 3.63) is 48.0 Å². The minimum atomic E-state index is 0. The molecule has 0 bridgehead atoms. The zero-order valence-electron chi connectivity index (χ0n) is 12.9. The number of hydrogen-bond donors (Lipinski definition) is 1. The highest BCUT2D eigenvalue weighted by Crippen LogP contribution is 2.26. The van der Waals surface area contributed by atoms with Gasteiger partial charge in [-0.3, -0.25) is 4.79 Å². The van der Waals surface area contributed by atoms with Crippen LogP contribution in [0.3, 0.4) is 0 Å². The zero-order chi connectivity index (χ0) is 14.8. The molecule has 2 atom stereocenters. The second kappa shape index (κ2) is 7.12. The molecule has 4 heteroatoms. The number of fused-ring (bicyclic) bond motifs is 1. The Morgan fingerprint density at radius 1 is 1.18 bits per heavy atom. The standard InChI is InChI=1S/C18H22N2O.ClH/c1-20(18(21)16-7-4-8-17(16)19)12-13-9-10-14-5-2-3-6-15(14)11-13;/h2-3,5-6,9-11,16-17H,4,7-8,12,19H2,1H3;1H. The van der Waals surface area contributed by atoms with Gasteiger partial charge in [0.15, 0.2) is 0 Å². The quantitative estimate of drug-likeness (QED) is 0.943. The molecule has 2 aromatic carbocycles. The van der Waals surface area contributed by atoms with Gasteiger partial charge in [0.2, 0.25) is 5.91 Å². The molecule has 0 heterocycles. The first-order valence-corrected chi connectivity index (χ1v) is 7.63. The molecule has 0 spiro atoms. The summed E-state index contributed by atoms with van der Waals surface area (Å²) in [5, 5.41) is 2.45. The third-order valence-electron chi connectivity index (χ3n) is 4.50. The highest BCUT2D eigenvalue weighted by atomic mass is 35.5. The Hall–Kier alpha value is -1.58. The lowest BCUT2D eigenvalue weighted by Gasteiger charge is -2.23. The van der Waals surface area contributed by atoms with Crippen molar-refractivity contribution in [1.82, 2.24) is 4.90 Å². The van der Waals surface area contributed by atoms with Gasteiger partial charge in [0, 0.05) is 19.6 Å². The van der Waals surface area contributed by atoms with Crippen molar-refractivity contribution < 1.29 is 4.79 Å². The highest BCUT2D eigenvalue weighted by Gasteiger charge is 2.32. The summed E-state index contributed by atoms with van der Waals surface area (Å²) in [4.78, 5) is 14.3. The summed E-state index contributed by atoms with van der Waals surface area (Å²) in [6.07, 6.45) is 2.98. The first-order chi connectivity index (χ1) is 10.1. The van der Waals surface area contributed by atoms with Crippen LogP contribution in [0.2, 0.25) is 0 Å². The van der Waals surface area contributed by atoms with Crippen molar-refractivity contribution in [2.45, 2.75) is 31.8 Å². The van der Waals surface area contributed by atoms with E-state index in [0.717, 1.165) is 24.8 Å². The maximum atomic E-state index is 12.5. The van der Waals surface area contributed by atoms with Gasteiger partial charge >= 0.3 is 0 Å². The summed E-state index contributed by atoms with van der Waals surface area (Å²) in [7, 11) is 1.88. The van der Waals surface area contributed by atoms with Gasteiger partial charge in [-0.25, -0.2) is 0 Å². The molecule has 118 valence electrons. The van der Waals surface area contributed by atoms with Crippen LogP contribution in [-0.4, -0.2) is 23.9 Å². The molecule has 1 aliphatic carbocycles. The Bertz CT molecular complexity index is 658. The molecule has 0 radical (unpaired) electrons. The maximum Gasteiger partial charge on any atom is 0.227 e. The SMILES string of the molecule is CN(Cc1ccc2ccccc2c1)C(=O)C1CCCC1N.Cl. The molecule has 0 aliphatic heterocycles. The predicted molar refractivity (Wildman–Crippen MR) is 93.0 cm³/mol. The van der Waals surface area contributed by atoms with Crippen LogP contribution in [-0.2, 0) is 11.3 Å². The third kappa shape index (κ3) is 3.42. The monoisotopic (exact) mass is 318 g/mol. The molecule has 22 heavy (non-hydrogen) atoms. The van der Waals surface area contributed by atoms with Crippen LogP contribution < -0.4 is 5.73 Å². The van der Waals surface area contributed by atoms with Crippen LogP contribution in [0.1, 0.15) is 24.8 Å². The topological polar surface area (TPSA) is 46.3 Å². The normalized spacial score (nSPS) is 20.6. The fraction of sp³-hybridized carbons (Fsp3) is 0.389. The minimum absolute atomic E-state index is 0. The number of halogens is 1. The van der Waals surface area contributed by atoms with Crippen molar-refractivity contribution in [1.29, 1.82) is 0 Å². The van der Waals surface area contributed by atoms with Crippen LogP contribution in [0.4, 0.5) is 0 Å². The second-order valence-corrected chi connectivity index (χ2v) is 6.08. The number of carbonyl (C=O) groups is 1. The zero-order valence-corrected chi connectivity index (χ0v) is 13.7. The van der Waals surface area contributed by atoms with Crippen molar-refractivity contribution in [3.63, 3.8) is 0 Å². The smallest absolute Gasteiger partial charge is 0.227 e. The second-order valence-electron chi connectivity index (χ2n) is 6.08. The minimum Gasteiger partial charge on any atom is -0.341 e. The van der Waals surface area contributed by atoms with E-state index in [1.807, 2.05) is 24.1 Å². The van der Waals surface area contributed by atoms with Gasteiger partial charge in [-0.2, -0.15) is 0 Å². The van der Waals surface area contributed by atoms with Crippen molar-refractivity contribution in [2.24, 2.45) is 11.7 Å². The Kier molecular flexibility index (Phi) is 5.43. The van der Waals surface area contributed by atoms with Crippen LogP contribution in [0, 0.1) is 5.92 Å². The molecule has 3 rings (SSSR count). The molecule has 2 aromatic rings. The third-order valence-corrected chi connectivity index (χ3v) is 4.50. The lowest BCUT2D eigenvalue weighted by molar-refractivity contribution is -0.134. The molecule has 1 aliphatic rings. The lowest BCUT2D eigenvalue weighted by atomic mass is 10.0. The molecule has 1 fully saturated rings. The van der Waals surface area contributed by atoms with E-state index in [1.165, 1.54) is 10.8 Å². The fourth-order valence-electron chi connectivity index (χ4n) is 3.27. The van der Waals surface area contributed by atoms with Gasteiger partial charge in [0.1, 0.15) is 0 Å². The van der Waals surface area contributed by atoms with Gasteiger partial charge in [0.25, 0.3) is 0 Å². The van der Waals surface area contributed by atoms with Gasteiger partial charge in [-0.05, 0) is 35.2 Å². The van der Waals surface area contributed by atoms with E-state index in [-0.39, 0.29) is 30.3 Å². The van der Waals surface area contributed by atoms with Crippen molar-refractivity contribution >= 4 is 29.1 Å². The van der Waals surface area contributed by atoms with Crippen LogP contribution in [0.5, 0.6) is 0 Å². The first kappa shape index (κ1) is 16.8. The van der Waals surface area contributed by atoms with Gasteiger partial charge < -0.3 is 10.6 Å². The number of rotatable bonds is 3. The van der Waals surface area contributed by atoms with Gasteiger partial charge in [-0.15, -0.1) is 12.4 Å². The van der Waals surface area contributed by atoms with Crippen molar-refractivity contribution in [2.75, 3.05) is 7.05 Å². The van der Waals surface area contributed by atoms with Gasteiger partial charge in [-0.1, -0.05) is 42.8 Å². The Morgan fingerprint density at radius 2 is 1.91 bits per heavy atom. The van der Waals surface area contributed by atoms with E-state index in [2.05, 4.69) is 30.3 Å². The summed E-state index contributed by atoms with van der Waals surface area (Å²) in [6.45, 7) is 0.646. The van der Waals surface area contributed by atoms with Gasteiger partial charge in [0.05, 0.1) is 5.92 Å². The van der Waals surface area contributed by atoms with E-state index >= 15 is 0 Å². The first-order valence-electron chi connectivity index (χ1n) is 7.63. The Morgan fingerprint density at radius 3 is 2.59 bits per heavy atom. The van der Waals surface area contributed by atoms with Crippen LogP contribution >= 0.6 is 12.4 Å². The average molecular weight is 319 g/mol. The van der Waals surface area contributed by atoms with Crippen molar-refractivity contribution in [3.8, 4) is 0 Å². The summed E-state index contributed by atoms with van der Waals surface area (Å²) >= 11 is 0. The van der Waals surface area contributed by atoms with Crippen LogP contribution in [0.15, 0.2) is 42.5 Å². The molecule has 2 N–H and O–H groups in total. The number of amides is 1. The lowest BCUT2D eigenvalue weighted by Crippen LogP contribution is -2.39. The highest BCUT2D eigenvalue weighted by molar-refractivity contribution is 5.85. The van der Waals surface area contributed by atoms with Crippen LogP contribution in [0.25, 0.3) is 10.8 Å². The van der Waals surface area contributed by atoms with E-state index in [9.17, 15) is 4.79 Å². The molecule has 1 amide bonds. The Labute approximate surface area is 137 Å². The predicted octanol–water partition coefficient (Wildman–Crippen LogP) is 3.35. The Balaban J connectivity index is 0.00000176. The van der Waals surface area contributed by atoms with E-state index in [4.69, 9.17) is 5.73 Å². The molecule has 0 aromatic heterocycles. The number of nitrogens with zero attached hydrogens (tertiary/aromatic N) is 1. The summed E-state index contributed by atoms with van der Waals surface area (Å²) in [5.74, 6) is 0.198. The molecule has 2 unspecified atom stereocenters. The largest absolute Gasteiger partial charge is 0.341 e. The summed E-state index contributed by atoms with van der Waals surface area (Å²) in [6, 6.07) is 14.7. The maximum absolute atomic E-state index is 12.5. The summed E-state index contributed by atoms with van der Waals surface area (Å²) < 4.78 is 0. The van der Waals surface area contributed by atoms with E-state index < -0.39 is 0 Å². The number of benzene rings is 2. The molecule has 3 nitrogen and oxygen atoms in total. The number of hydrogen-bond acceptors (Lipinski definition) is 2. The molecule has 1 saturated carbocycles. The summed E-state index contributed by atoms with van der Waals surface area (Å²) in [5.41, 5.74) is 7.20. The average Bonchev–Trinajstić information content (AvgIpc) is 2.92. The number of nitrogens with two attached hydrogens (primary N) is 1. The molecule has 0 saturated heterocycles. The molecular weight excluding hydrogens is 296 g/mol. The van der Waals surface area contributed by atoms with E-state index in [1.54, 1.807) is 0 Å². The van der Waals surface area contributed by atoms with E-state index in [0.29, 0.717) is 6.54 Å². The fourth-order valence-corrected chi connectivity index (χ4v) is 3.27. The molecular formula is C18H23ClN2O.